The summed E-state index contributed by atoms with van der Waals surface area (Å²) in [5.74, 6) is -1.64. The largest absolute Gasteiger partial charge is 0.358 e. The number of hydrogen-bond donors (Lipinski definition) is 4. The number of aromatic amines is 1. The van der Waals surface area contributed by atoms with Crippen molar-refractivity contribution in [2.45, 2.75) is 44.0 Å². The molecule has 1 atom stereocenters. The second-order valence-corrected chi connectivity index (χ2v) is 11.2. The highest BCUT2D eigenvalue weighted by Gasteiger charge is 2.22. The lowest BCUT2D eigenvalue weighted by Gasteiger charge is -2.20. The van der Waals surface area contributed by atoms with Gasteiger partial charge in [-0.2, -0.15) is 0 Å². The minimum Gasteiger partial charge on any atom is -0.358 e. The van der Waals surface area contributed by atoms with E-state index in [1.54, 1.807) is 12.1 Å². The molecule has 8 nitrogen and oxygen atoms in total. The van der Waals surface area contributed by atoms with E-state index in [1.165, 1.54) is 12.1 Å². The molecule has 2 aromatic carbocycles. The van der Waals surface area contributed by atoms with E-state index < -0.39 is 21.9 Å². The number of sulfonamides is 1. The fourth-order valence-corrected chi connectivity index (χ4v) is 5.38. The van der Waals surface area contributed by atoms with Gasteiger partial charge in [0.25, 0.3) is 0 Å². The quantitative estimate of drug-likeness (QED) is 0.255. The summed E-state index contributed by atoms with van der Waals surface area (Å²) in [5, 5.41) is 5.88. The molecule has 0 radical (unpaired) electrons. The van der Waals surface area contributed by atoms with Gasteiger partial charge in [0.15, 0.2) is 0 Å². The lowest BCUT2D eigenvalue weighted by atomic mass is 10.0. The molecule has 0 spiro atoms. The van der Waals surface area contributed by atoms with Crippen LogP contribution in [-0.2, 0) is 26.0 Å². The van der Waals surface area contributed by atoms with Gasteiger partial charge in [-0.25, -0.2) is 21.9 Å². The Kier molecular flexibility index (Phi) is 9.63. The van der Waals surface area contributed by atoms with E-state index >= 15 is 0 Å². The summed E-state index contributed by atoms with van der Waals surface area (Å²) in [7, 11) is -3.94. The van der Waals surface area contributed by atoms with Crippen molar-refractivity contribution in [3.05, 3.63) is 64.8 Å². The third kappa shape index (κ3) is 8.24. The van der Waals surface area contributed by atoms with Gasteiger partial charge in [-0.15, -0.1) is 0 Å². The number of aromatic nitrogens is 1. The van der Waals surface area contributed by atoms with Gasteiger partial charge in [0.05, 0.1) is 11.4 Å². The number of halogens is 3. The molecule has 0 aliphatic carbocycles. The molecule has 0 unspecified atom stereocenters. The van der Waals surface area contributed by atoms with Crippen LogP contribution in [-0.4, -0.2) is 44.3 Å². The first-order valence-corrected chi connectivity index (χ1v) is 13.6. The number of benzene rings is 2. The van der Waals surface area contributed by atoms with Gasteiger partial charge in [0.2, 0.25) is 21.8 Å². The normalized spacial score (nSPS) is 12.6. The minimum atomic E-state index is -3.94. The summed E-state index contributed by atoms with van der Waals surface area (Å²) in [5.41, 5.74) is 1.30. The van der Waals surface area contributed by atoms with E-state index in [2.05, 4.69) is 20.3 Å². The topological polar surface area (TPSA) is 120 Å². The molecule has 3 rings (SSSR count). The summed E-state index contributed by atoms with van der Waals surface area (Å²) in [6, 6.07) is 8.20. The molecule has 37 heavy (non-hydrogen) atoms. The predicted octanol–water partition coefficient (Wildman–Crippen LogP) is 3.66. The number of carbonyl (C=O) groups is 2. The van der Waals surface area contributed by atoms with Crippen molar-refractivity contribution >= 4 is 44.3 Å². The van der Waals surface area contributed by atoms with Crippen LogP contribution in [0.1, 0.15) is 32.4 Å². The average molecular weight is 555 g/mol. The number of nitrogens with one attached hydrogen (secondary N) is 4. The Bertz CT molecular complexity index is 1380. The van der Waals surface area contributed by atoms with Crippen molar-refractivity contribution in [3.63, 3.8) is 0 Å². The molecular formula is C25H29ClF2N4O4S. The molecule has 200 valence electrons. The Morgan fingerprint density at radius 3 is 2.43 bits per heavy atom. The van der Waals surface area contributed by atoms with E-state index in [0.717, 1.165) is 18.2 Å². The first kappa shape index (κ1) is 28.5. The first-order chi connectivity index (χ1) is 17.4. The molecule has 0 bridgehead atoms. The highest BCUT2D eigenvalue weighted by Crippen LogP contribution is 2.22. The van der Waals surface area contributed by atoms with E-state index in [1.807, 2.05) is 13.8 Å². The van der Waals surface area contributed by atoms with Crippen LogP contribution in [0.2, 0.25) is 5.02 Å². The van der Waals surface area contributed by atoms with E-state index in [9.17, 15) is 26.8 Å². The lowest BCUT2D eigenvalue weighted by molar-refractivity contribution is -0.129. The van der Waals surface area contributed by atoms with Gasteiger partial charge in [-0.05, 0) is 61.2 Å². The lowest BCUT2D eigenvalue weighted by Crippen LogP contribution is -2.48. The fraction of sp³-hybridized carbons (Fsp3) is 0.360. The summed E-state index contributed by atoms with van der Waals surface area (Å²) >= 11 is 5.82. The summed E-state index contributed by atoms with van der Waals surface area (Å²) in [6.45, 7) is 4.02. The standard InChI is InChI=1S/C25H29ClF2N4O4S/c1-15(2)10-22(32-24(33)14-19-12-16-11-17(27)4-6-21(16)31-19)25(34)29-8-3-9-30-37(35,36)23-7-5-18(28)13-20(23)26/h4-7,11-13,15,22,30-31H,3,8-10,14H2,1-2H3,(H,29,34)(H,32,33)/t22-/m0/s1. The Hall–Kier alpha value is -3.02. The number of H-pyrrole nitrogens is 1. The highest BCUT2D eigenvalue weighted by atomic mass is 35.5. The van der Waals surface area contributed by atoms with Crippen LogP contribution < -0.4 is 15.4 Å². The average Bonchev–Trinajstić information content (AvgIpc) is 3.18. The van der Waals surface area contributed by atoms with Crippen molar-refractivity contribution < 1.29 is 26.8 Å². The maximum atomic E-state index is 13.4. The smallest absolute Gasteiger partial charge is 0.242 e. The molecule has 12 heteroatoms. The molecule has 1 aromatic heterocycles. The first-order valence-electron chi connectivity index (χ1n) is 11.7. The van der Waals surface area contributed by atoms with Gasteiger partial charge in [0, 0.05) is 29.7 Å². The zero-order chi connectivity index (χ0) is 27.2. The molecule has 0 saturated heterocycles. The highest BCUT2D eigenvalue weighted by molar-refractivity contribution is 7.89. The minimum absolute atomic E-state index is 0.00804. The summed E-state index contributed by atoms with van der Waals surface area (Å²) in [6.07, 6.45) is 0.675. The van der Waals surface area contributed by atoms with Crippen LogP contribution in [0, 0.1) is 17.6 Å². The maximum absolute atomic E-state index is 13.4. The predicted molar refractivity (Wildman–Crippen MR) is 138 cm³/mol. The third-order valence-corrected chi connectivity index (χ3v) is 7.42. The second-order valence-electron chi connectivity index (χ2n) is 9.07. The van der Waals surface area contributed by atoms with Crippen molar-refractivity contribution in [3.8, 4) is 0 Å². The Morgan fingerprint density at radius 2 is 1.73 bits per heavy atom. The van der Waals surface area contributed by atoms with Gasteiger partial charge < -0.3 is 15.6 Å². The van der Waals surface area contributed by atoms with E-state index in [-0.39, 0.29) is 59.4 Å². The molecule has 0 aliphatic heterocycles. The number of carbonyl (C=O) groups excluding carboxylic acids is 2. The van der Waals surface area contributed by atoms with Crippen LogP contribution in [0.4, 0.5) is 8.78 Å². The third-order valence-electron chi connectivity index (χ3n) is 5.48. The Balaban J connectivity index is 1.49. The van der Waals surface area contributed by atoms with Crippen LogP contribution in [0.25, 0.3) is 10.9 Å². The van der Waals surface area contributed by atoms with Gasteiger partial charge >= 0.3 is 0 Å². The van der Waals surface area contributed by atoms with Crippen molar-refractivity contribution in [1.29, 1.82) is 0 Å². The Labute approximate surface area is 219 Å². The monoisotopic (exact) mass is 554 g/mol. The van der Waals surface area contributed by atoms with Crippen molar-refractivity contribution in [2.75, 3.05) is 13.1 Å². The fourth-order valence-electron chi connectivity index (χ4n) is 3.78. The zero-order valence-electron chi connectivity index (χ0n) is 20.4. The maximum Gasteiger partial charge on any atom is 0.242 e. The van der Waals surface area contributed by atoms with Gasteiger partial charge in [0.1, 0.15) is 22.6 Å². The van der Waals surface area contributed by atoms with Gasteiger partial charge in [-0.1, -0.05) is 25.4 Å². The van der Waals surface area contributed by atoms with Crippen molar-refractivity contribution in [2.24, 2.45) is 5.92 Å². The van der Waals surface area contributed by atoms with E-state index in [0.29, 0.717) is 23.0 Å². The molecule has 0 fully saturated rings. The summed E-state index contributed by atoms with van der Waals surface area (Å²) in [4.78, 5) is 28.2. The number of amides is 2. The van der Waals surface area contributed by atoms with Crippen LogP contribution in [0.15, 0.2) is 47.4 Å². The van der Waals surface area contributed by atoms with Crippen molar-refractivity contribution in [1.82, 2.24) is 20.3 Å². The van der Waals surface area contributed by atoms with Crippen LogP contribution >= 0.6 is 11.6 Å². The second kappa shape index (κ2) is 12.5. The van der Waals surface area contributed by atoms with Crippen LogP contribution in [0.3, 0.4) is 0 Å². The van der Waals surface area contributed by atoms with Gasteiger partial charge in [-0.3, -0.25) is 9.59 Å². The zero-order valence-corrected chi connectivity index (χ0v) is 22.0. The molecule has 3 aromatic rings. The number of hydrogen-bond acceptors (Lipinski definition) is 4. The number of rotatable bonds is 12. The SMILES string of the molecule is CC(C)C[C@H](NC(=O)Cc1cc2cc(F)ccc2[nH]1)C(=O)NCCCNS(=O)(=O)c1ccc(F)cc1Cl. The molecule has 4 N–H and O–H groups in total. The van der Waals surface area contributed by atoms with Crippen LogP contribution in [0.5, 0.6) is 0 Å². The Morgan fingerprint density at radius 1 is 1.03 bits per heavy atom. The molecule has 1 heterocycles. The molecule has 2 amide bonds. The molecule has 0 saturated carbocycles. The van der Waals surface area contributed by atoms with E-state index in [4.69, 9.17) is 11.6 Å². The molecular weight excluding hydrogens is 526 g/mol. The number of fused-ring (bicyclic) bond motifs is 1. The molecule has 0 aliphatic rings. The summed E-state index contributed by atoms with van der Waals surface area (Å²) < 4.78 is 53.7.